The Bertz CT molecular complexity index is 293. The Kier molecular flexibility index (Phi) is 6.69. The van der Waals surface area contributed by atoms with E-state index in [-0.39, 0.29) is 18.5 Å². The molecule has 0 saturated heterocycles. The van der Waals surface area contributed by atoms with Crippen molar-refractivity contribution >= 4 is 17.9 Å². The number of hydrogen-bond donors (Lipinski definition) is 3. The topological polar surface area (TPSA) is 98.7 Å². The van der Waals surface area contributed by atoms with E-state index in [9.17, 15) is 14.4 Å². The summed E-state index contributed by atoms with van der Waals surface area (Å²) in [7, 11) is 1.52. The number of rotatable bonds is 6. The van der Waals surface area contributed by atoms with E-state index in [1.165, 1.54) is 25.8 Å². The quantitative estimate of drug-likeness (QED) is 0.548. The molecule has 7 nitrogen and oxygen atoms in total. The number of carboxylic acids is 1. The summed E-state index contributed by atoms with van der Waals surface area (Å²) in [6.45, 7) is 3.72. The van der Waals surface area contributed by atoms with Gasteiger partial charge in [0.2, 0.25) is 5.91 Å². The number of carboxylic acid groups (broad SMARTS) is 1. The second-order valence-corrected chi connectivity index (χ2v) is 3.83. The van der Waals surface area contributed by atoms with Crippen LogP contribution in [0.15, 0.2) is 0 Å². The summed E-state index contributed by atoms with van der Waals surface area (Å²) in [5.41, 5.74) is 0. The van der Waals surface area contributed by atoms with Crippen LogP contribution < -0.4 is 10.6 Å². The van der Waals surface area contributed by atoms with Gasteiger partial charge in [-0.05, 0) is 0 Å². The predicted octanol–water partition coefficient (Wildman–Crippen LogP) is -0.515. The lowest BCUT2D eigenvalue weighted by atomic mass is 10.2. The van der Waals surface area contributed by atoms with Crippen molar-refractivity contribution in [2.75, 3.05) is 26.7 Å². The van der Waals surface area contributed by atoms with Crippen LogP contribution in [0.3, 0.4) is 0 Å². The number of aliphatic carboxylic acids is 1. The Morgan fingerprint density at radius 3 is 2.24 bits per heavy atom. The summed E-state index contributed by atoms with van der Waals surface area (Å²) in [4.78, 5) is 33.9. The molecule has 0 fully saturated rings. The van der Waals surface area contributed by atoms with Gasteiger partial charge in [0.25, 0.3) is 0 Å². The monoisotopic (exact) mass is 245 g/mol. The molecule has 0 aromatic carbocycles. The Balaban J connectivity index is 3.82. The summed E-state index contributed by atoms with van der Waals surface area (Å²) in [5.74, 6) is -1.71. The Morgan fingerprint density at radius 1 is 1.24 bits per heavy atom. The Hall–Kier alpha value is -1.79. The molecule has 0 aromatic heterocycles. The van der Waals surface area contributed by atoms with Gasteiger partial charge in [-0.2, -0.15) is 0 Å². The Morgan fingerprint density at radius 2 is 1.76 bits per heavy atom. The zero-order valence-corrected chi connectivity index (χ0v) is 10.3. The molecule has 98 valence electrons. The smallest absolute Gasteiger partial charge is 0.317 e. The van der Waals surface area contributed by atoms with E-state index in [1.54, 1.807) is 0 Å². The molecule has 1 unspecified atom stereocenters. The first-order valence-electron chi connectivity index (χ1n) is 5.30. The maximum atomic E-state index is 11.5. The van der Waals surface area contributed by atoms with Crippen LogP contribution in [-0.2, 0) is 9.59 Å². The molecular weight excluding hydrogens is 226 g/mol. The van der Waals surface area contributed by atoms with Gasteiger partial charge in [-0.3, -0.25) is 9.59 Å². The summed E-state index contributed by atoms with van der Waals surface area (Å²) in [6, 6.07) is -0.358. The Labute approximate surface area is 100 Å². The SMILES string of the molecule is CC(=O)NCCNC(=O)N(C)CC(C)C(=O)O. The fourth-order valence-corrected chi connectivity index (χ4v) is 1.11. The number of carbonyl (C=O) groups excluding carboxylic acids is 2. The van der Waals surface area contributed by atoms with E-state index in [1.807, 2.05) is 0 Å². The molecule has 3 N–H and O–H groups in total. The molecule has 0 bridgehead atoms. The standard InChI is InChI=1S/C10H19N3O4/c1-7(9(15)16)6-13(3)10(17)12-5-4-11-8(2)14/h7H,4-6H2,1-3H3,(H,11,14)(H,12,17)(H,15,16). The van der Waals surface area contributed by atoms with Crippen LogP contribution in [-0.4, -0.2) is 54.6 Å². The minimum Gasteiger partial charge on any atom is -0.481 e. The lowest BCUT2D eigenvalue weighted by molar-refractivity contribution is -0.141. The molecule has 0 aliphatic carbocycles. The van der Waals surface area contributed by atoms with Crippen molar-refractivity contribution in [2.24, 2.45) is 5.92 Å². The average molecular weight is 245 g/mol. The first-order chi connectivity index (χ1) is 7.84. The maximum absolute atomic E-state index is 11.5. The number of amides is 3. The third-order valence-electron chi connectivity index (χ3n) is 2.09. The van der Waals surface area contributed by atoms with Gasteiger partial charge in [0.1, 0.15) is 0 Å². The van der Waals surface area contributed by atoms with E-state index in [4.69, 9.17) is 5.11 Å². The third kappa shape index (κ3) is 7.15. The fraction of sp³-hybridized carbons (Fsp3) is 0.700. The van der Waals surface area contributed by atoms with Crippen LogP contribution in [0.5, 0.6) is 0 Å². The highest BCUT2D eigenvalue weighted by Gasteiger charge is 2.16. The molecule has 0 aromatic rings. The first kappa shape index (κ1) is 15.2. The van der Waals surface area contributed by atoms with Crippen molar-refractivity contribution in [3.05, 3.63) is 0 Å². The molecule has 0 aliphatic rings. The summed E-state index contributed by atoms with van der Waals surface area (Å²) >= 11 is 0. The minimum atomic E-state index is -0.942. The minimum absolute atomic E-state index is 0.140. The van der Waals surface area contributed by atoms with Crippen molar-refractivity contribution in [3.8, 4) is 0 Å². The van der Waals surface area contributed by atoms with E-state index < -0.39 is 11.9 Å². The normalized spacial score (nSPS) is 11.5. The molecule has 0 aliphatic heterocycles. The number of urea groups is 1. The summed E-state index contributed by atoms with van der Waals surface area (Å²) < 4.78 is 0. The van der Waals surface area contributed by atoms with Crippen LogP contribution in [0, 0.1) is 5.92 Å². The summed E-state index contributed by atoms with van der Waals surface area (Å²) in [5, 5.41) is 13.8. The second-order valence-electron chi connectivity index (χ2n) is 3.83. The summed E-state index contributed by atoms with van der Waals surface area (Å²) in [6.07, 6.45) is 0. The fourth-order valence-electron chi connectivity index (χ4n) is 1.11. The van der Waals surface area contributed by atoms with Crippen LogP contribution >= 0.6 is 0 Å². The van der Waals surface area contributed by atoms with Crippen molar-refractivity contribution in [3.63, 3.8) is 0 Å². The second kappa shape index (κ2) is 7.48. The van der Waals surface area contributed by atoms with Crippen molar-refractivity contribution in [1.82, 2.24) is 15.5 Å². The van der Waals surface area contributed by atoms with Crippen LogP contribution in [0.25, 0.3) is 0 Å². The van der Waals surface area contributed by atoms with E-state index >= 15 is 0 Å². The van der Waals surface area contributed by atoms with E-state index in [0.29, 0.717) is 13.1 Å². The van der Waals surface area contributed by atoms with Gasteiger partial charge in [-0.1, -0.05) is 6.92 Å². The highest BCUT2D eigenvalue weighted by atomic mass is 16.4. The molecule has 0 saturated carbocycles. The largest absolute Gasteiger partial charge is 0.481 e. The first-order valence-corrected chi connectivity index (χ1v) is 5.30. The van der Waals surface area contributed by atoms with Gasteiger partial charge in [0.15, 0.2) is 0 Å². The highest BCUT2D eigenvalue weighted by Crippen LogP contribution is 1.97. The number of nitrogens with zero attached hydrogens (tertiary/aromatic N) is 1. The molecule has 17 heavy (non-hydrogen) atoms. The average Bonchev–Trinajstić information content (AvgIpc) is 2.23. The van der Waals surface area contributed by atoms with E-state index in [0.717, 1.165) is 0 Å². The van der Waals surface area contributed by atoms with Gasteiger partial charge in [0, 0.05) is 33.6 Å². The van der Waals surface area contributed by atoms with Crippen LogP contribution in [0.1, 0.15) is 13.8 Å². The molecular formula is C10H19N3O4. The number of carbonyl (C=O) groups is 3. The van der Waals surface area contributed by atoms with Gasteiger partial charge < -0.3 is 20.6 Å². The van der Waals surface area contributed by atoms with Gasteiger partial charge in [0.05, 0.1) is 5.92 Å². The van der Waals surface area contributed by atoms with Gasteiger partial charge >= 0.3 is 12.0 Å². The molecule has 3 amide bonds. The lowest BCUT2D eigenvalue weighted by Crippen LogP contribution is -2.43. The zero-order chi connectivity index (χ0) is 13.4. The maximum Gasteiger partial charge on any atom is 0.317 e. The molecule has 0 radical (unpaired) electrons. The van der Waals surface area contributed by atoms with Gasteiger partial charge in [-0.25, -0.2) is 4.79 Å². The molecule has 0 rings (SSSR count). The van der Waals surface area contributed by atoms with Crippen LogP contribution in [0.4, 0.5) is 4.79 Å². The van der Waals surface area contributed by atoms with Crippen molar-refractivity contribution in [2.45, 2.75) is 13.8 Å². The molecule has 0 spiro atoms. The van der Waals surface area contributed by atoms with Crippen molar-refractivity contribution < 1.29 is 19.5 Å². The zero-order valence-electron chi connectivity index (χ0n) is 10.3. The number of nitrogens with one attached hydrogen (secondary N) is 2. The third-order valence-corrected chi connectivity index (χ3v) is 2.09. The predicted molar refractivity (Wildman–Crippen MR) is 61.5 cm³/mol. The van der Waals surface area contributed by atoms with Gasteiger partial charge in [-0.15, -0.1) is 0 Å². The molecule has 1 atom stereocenters. The molecule has 7 heteroatoms. The van der Waals surface area contributed by atoms with E-state index in [2.05, 4.69) is 10.6 Å². The molecule has 0 heterocycles. The number of hydrogen-bond acceptors (Lipinski definition) is 3. The highest BCUT2D eigenvalue weighted by molar-refractivity contribution is 5.76. The lowest BCUT2D eigenvalue weighted by Gasteiger charge is -2.19. The van der Waals surface area contributed by atoms with Crippen molar-refractivity contribution in [1.29, 1.82) is 0 Å². The van der Waals surface area contributed by atoms with Crippen LogP contribution in [0.2, 0.25) is 0 Å².